The molecule has 20 heavy (non-hydrogen) atoms. The van der Waals surface area contributed by atoms with E-state index in [1.807, 2.05) is 0 Å². The first-order chi connectivity index (χ1) is 9.56. The third-order valence-electron chi connectivity index (χ3n) is 3.19. The van der Waals surface area contributed by atoms with Gasteiger partial charge in [-0.25, -0.2) is 8.78 Å². The van der Waals surface area contributed by atoms with Crippen LogP contribution in [0.5, 0.6) is 5.75 Å². The van der Waals surface area contributed by atoms with Crippen molar-refractivity contribution in [2.75, 3.05) is 6.61 Å². The van der Waals surface area contributed by atoms with Gasteiger partial charge in [0.1, 0.15) is 17.4 Å². The number of halogens is 3. The Bertz CT molecular complexity index is 690. The lowest BCUT2D eigenvalue weighted by Gasteiger charge is -2.06. The first-order valence-corrected chi connectivity index (χ1v) is 6.80. The first-order valence-electron chi connectivity index (χ1n) is 6.01. The monoisotopic (exact) mass is 338 g/mol. The molecule has 0 radical (unpaired) electrons. The molecule has 0 bridgehead atoms. The Morgan fingerprint density at radius 3 is 2.55 bits per heavy atom. The molecule has 0 spiro atoms. The Morgan fingerprint density at radius 1 is 1.15 bits per heavy atom. The number of benzene rings is 2. The molecule has 3 rings (SSSR count). The van der Waals surface area contributed by atoms with E-state index < -0.39 is 23.0 Å². The van der Waals surface area contributed by atoms with Crippen LogP contribution in [-0.4, -0.2) is 12.4 Å². The minimum absolute atomic E-state index is 0.256. The Kier molecular flexibility index (Phi) is 3.30. The quantitative estimate of drug-likeness (QED) is 0.776. The second kappa shape index (κ2) is 4.98. The van der Waals surface area contributed by atoms with Crippen molar-refractivity contribution in [3.63, 3.8) is 0 Å². The Balaban J connectivity index is 2.05. The lowest BCUT2D eigenvalue weighted by atomic mass is 9.99. The van der Waals surface area contributed by atoms with Gasteiger partial charge in [-0.05, 0) is 35.9 Å². The normalized spacial score (nSPS) is 12.9. The molecule has 1 aliphatic rings. The zero-order chi connectivity index (χ0) is 14.3. The van der Waals surface area contributed by atoms with Crippen LogP contribution in [0, 0.1) is 11.6 Å². The van der Waals surface area contributed by atoms with Crippen LogP contribution in [0.2, 0.25) is 0 Å². The molecule has 2 aromatic carbocycles. The fraction of sp³-hybridized carbons (Fsp3) is 0.133. The highest BCUT2D eigenvalue weighted by Crippen LogP contribution is 2.28. The van der Waals surface area contributed by atoms with Crippen LogP contribution in [0.4, 0.5) is 8.78 Å². The maximum absolute atomic E-state index is 13.8. The first kappa shape index (κ1) is 13.2. The van der Waals surface area contributed by atoms with Crippen LogP contribution < -0.4 is 4.74 Å². The molecule has 0 saturated heterocycles. The van der Waals surface area contributed by atoms with Gasteiger partial charge in [-0.15, -0.1) is 0 Å². The van der Waals surface area contributed by atoms with Crippen molar-refractivity contribution in [2.24, 2.45) is 0 Å². The van der Waals surface area contributed by atoms with Crippen LogP contribution >= 0.6 is 15.9 Å². The summed E-state index contributed by atoms with van der Waals surface area (Å²) in [5.74, 6) is -1.70. The average molecular weight is 339 g/mol. The van der Waals surface area contributed by atoms with Crippen molar-refractivity contribution in [2.45, 2.75) is 6.42 Å². The topological polar surface area (TPSA) is 26.3 Å². The standard InChI is InChI=1S/C15H9BrF2O2/c16-10-6-11(17)14(12(18)7-10)15(19)9-1-2-13-8(5-9)3-4-20-13/h1-2,5-7H,3-4H2. The Morgan fingerprint density at radius 2 is 1.85 bits per heavy atom. The van der Waals surface area contributed by atoms with E-state index in [9.17, 15) is 13.6 Å². The molecular weight excluding hydrogens is 330 g/mol. The highest BCUT2D eigenvalue weighted by molar-refractivity contribution is 9.10. The molecule has 0 fully saturated rings. The third kappa shape index (κ3) is 2.22. The Labute approximate surface area is 122 Å². The molecule has 0 N–H and O–H groups in total. The molecule has 1 heterocycles. The molecular formula is C15H9BrF2O2. The van der Waals surface area contributed by atoms with Gasteiger partial charge in [0, 0.05) is 16.5 Å². The van der Waals surface area contributed by atoms with Gasteiger partial charge in [-0.1, -0.05) is 15.9 Å². The maximum atomic E-state index is 13.8. The number of carbonyl (C=O) groups is 1. The average Bonchev–Trinajstić information content (AvgIpc) is 2.84. The maximum Gasteiger partial charge on any atom is 0.198 e. The molecule has 0 aromatic heterocycles. The molecule has 0 saturated carbocycles. The van der Waals surface area contributed by atoms with E-state index in [0.717, 1.165) is 23.4 Å². The van der Waals surface area contributed by atoms with Crippen molar-refractivity contribution in [3.05, 3.63) is 63.1 Å². The summed E-state index contributed by atoms with van der Waals surface area (Å²) in [6, 6.07) is 6.96. The number of ether oxygens (including phenoxy) is 1. The number of carbonyl (C=O) groups excluding carboxylic acids is 1. The predicted molar refractivity (Wildman–Crippen MR) is 73.1 cm³/mol. The van der Waals surface area contributed by atoms with Crippen LogP contribution in [0.15, 0.2) is 34.8 Å². The van der Waals surface area contributed by atoms with Gasteiger partial charge in [0.2, 0.25) is 0 Å². The Hall–Kier alpha value is -1.75. The van der Waals surface area contributed by atoms with Crippen LogP contribution in [-0.2, 0) is 6.42 Å². The minimum Gasteiger partial charge on any atom is -0.493 e. The van der Waals surface area contributed by atoms with E-state index in [4.69, 9.17) is 4.74 Å². The van der Waals surface area contributed by atoms with Crippen molar-refractivity contribution in [1.29, 1.82) is 0 Å². The van der Waals surface area contributed by atoms with Gasteiger partial charge in [-0.2, -0.15) is 0 Å². The van der Waals surface area contributed by atoms with E-state index >= 15 is 0 Å². The zero-order valence-electron chi connectivity index (χ0n) is 10.3. The second-order valence-corrected chi connectivity index (χ2v) is 5.41. The van der Waals surface area contributed by atoms with Gasteiger partial charge < -0.3 is 4.74 Å². The summed E-state index contributed by atoms with van der Waals surface area (Å²) in [4.78, 5) is 12.3. The number of hydrogen-bond donors (Lipinski definition) is 0. The van der Waals surface area contributed by atoms with Crippen LogP contribution in [0.1, 0.15) is 21.5 Å². The zero-order valence-corrected chi connectivity index (χ0v) is 11.8. The lowest BCUT2D eigenvalue weighted by Crippen LogP contribution is -2.08. The van der Waals surface area contributed by atoms with Crippen molar-refractivity contribution < 1.29 is 18.3 Å². The summed E-state index contributed by atoms with van der Waals surface area (Å²) >= 11 is 2.99. The van der Waals surface area contributed by atoms with E-state index in [0.29, 0.717) is 13.0 Å². The third-order valence-corrected chi connectivity index (χ3v) is 3.64. The summed E-state index contributed by atoms with van der Waals surface area (Å²) in [5, 5.41) is 0. The van der Waals surface area contributed by atoms with Crippen molar-refractivity contribution >= 4 is 21.7 Å². The lowest BCUT2D eigenvalue weighted by molar-refractivity contribution is 0.103. The number of ketones is 1. The van der Waals surface area contributed by atoms with E-state index in [2.05, 4.69) is 15.9 Å². The van der Waals surface area contributed by atoms with Crippen molar-refractivity contribution in [3.8, 4) is 5.75 Å². The molecule has 0 atom stereocenters. The van der Waals surface area contributed by atoms with E-state index in [-0.39, 0.29) is 10.0 Å². The van der Waals surface area contributed by atoms with Crippen molar-refractivity contribution in [1.82, 2.24) is 0 Å². The number of rotatable bonds is 2. The van der Waals surface area contributed by atoms with E-state index in [1.54, 1.807) is 12.1 Å². The summed E-state index contributed by atoms with van der Waals surface area (Å²) in [6.45, 7) is 0.563. The van der Waals surface area contributed by atoms with Crippen LogP contribution in [0.3, 0.4) is 0 Å². The highest BCUT2D eigenvalue weighted by Gasteiger charge is 2.22. The summed E-state index contributed by atoms with van der Waals surface area (Å²) in [7, 11) is 0. The smallest absolute Gasteiger partial charge is 0.198 e. The van der Waals surface area contributed by atoms with Gasteiger partial charge in [-0.3, -0.25) is 4.79 Å². The molecule has 5 heteroatoms. The summed E-state index contributed by atoms with van der Waals surface area (Å²) in [6.07, 6.45) is 0.696. The molecule has 102 valence electrons. The SMILES string of the molecule is O=C(c1ccc2c(c1)CCO2)c1c(F)cc(Br)cc1F. The second-order valence-electron chi connectivity index (χ2n) is 4.49. The predicted octanol–water partition coefficient (Wildman–Crippen LogP) is 3.89. The van der Waals surface area contributed by atoms with Crippen LogP contribution in [0.25, 0.3) is 0 Å². The van der Waals surface area contributed by atoms with Gasteiger partial charge in [0.15, 0.2) is 5.78 Å². The largest absolute Gasteiger partial charge is 0.493 e. The molecule has 2 aromatic rings. The summed E-state index contributed by atoms with van der Waals surface area (Å²) < 4.78 is 33.2. The molecule has 0 unspecified atom stereocenters. The molecule has 2 nitrogen and oxygen atoms in total. The molecule has 1 aliphatic heterocycles. The van der Waals surface area contributed by atoms with Gasteiger partial charge in [0.05, 0.1) is 12.2 Å². The fourth-order valence-corrected chi connectivity index (χ4v) is 2.63. The molecule has 0 aliphatic carbocycles. The van der Waals surface area contributed by atoms with E-state index in [1.165, 1.54) is 6.07 Å². The fourth-order valence-electron chi connectivity index (χ4n) is 2.23. The number of fused-ring (bicyclic) bond motifs is 1. The highest BCUT2D eigenvalue weighted by atomic mass is 79.9. The summed E-state index contributed by atoms with van der Waals surface area (Å²) in [5.41, 5.74) is 0.607. The van der Waals surface area contributed by atoms with Gasteiger partial charge >= 0.3 is 0 Å². The van der Waals surface area contributed by atoms with Gasteiger partial charge in [0.25, 0.3) is 0 Å². The number of hydrogen-bond acceptors (Lipinski definition) is 2. The minimum atomic E-state index is -0.876. The molecule has 0 amide bonds.